The first-order valence-electron chi connectivity index (χ1n) is 5.29. The molecule has 2 rings (SSSR count). The smallest absolute Gasteiger partial charge is 0.236 e. The molecule has 0 heterocycles. The Labute approximate surface area is 89.7 Å². The minimum Gasteiger partial charge on any atom is -0.351 e. The highest BCUT2D eigenvalue weighted by molar-refractivity contribution is 5.81. The van der Waals surface area contributed by atoms with Crippen molar-refractivity contribution in [2.24, 2.45) is 5.73 Å². The minimum atomic E-state index is -0.415. The first-order chi connectivity index (χ1) is 7.18. The summed E-state index contributed by atoms with van der Waals surface area (Å²) in [6, 6.07) is 10.1. The normalized spacial score (nSPS) is 25.7. The molecule has 1 aromatic rings. The molecule has 0 aromatic heterocycles. The topological polar surface area (TPSA) is 55.1 Å². The Bertz CT molecular complexity index is 348. The van der Waals surface area contributed by atoms with Crippen LogP contribution in [0.3, 0.4) is 0 Å². The van der Waals surface area contributed by atoms with E-state index >= 15 is 0 Å². The van der Waals surface area contributed by atoms with E-state index in [1.54, 1.807) is 6.92 Å². The summed E-state index contributed by atoms with van der Waals surface area (Å²) in [7, 11) is 0. The van der Waals surface area contributed by atoms with Gasteiger partial charge < -0.3 is 11.1 Å². The predicted molar refractivity (Wildman–Crippen MR) is 59.4 cm³/mol. The van der Waals surface area contributed by atoms with Gasteiger partial charge in [0.1, 0.15) is 0 Å². The van der Waals surface area contributed by atoms with E-state index in [9.17, 15) is 4.79 Å². The number of nitrogens with two attached hydrogens (primary N) is 1. The average Bonchev–Trinajstić information content (AvgIpc) is 2.98. The third kappa shape index (κ3) is 2.36. The highest BCUT2D eigenvalue weighted by Crippen LogP contribution is 2.40. The number of rotatable bonds is 3. The van der Waals surface area contributed by atoms with Gasteiger partial charge in [-0.25, -0.2) is 0 Å². The number of amides is 1. The predicted octanol–water partition coefficient (Wildman–Crippen LogP) is 1.01. The largest absolute Gasteiger partial charge is 0.351 e. The summed E-state index contributed by atoms with van der Waals surface area (Å²) in [6.45, 7) is 1.70. The summed E-state index contributed by atoms with van der Waals surface area (Å²) in [6.07, 6.45) is 1.03. The van der Waals surface area contributed by atoms with Gasteiger partial charge in [0.05, 0.1) is 6.04 Å². The van der Waals surface area contributed by atoms with Crippen molar-refractivity contribution in [3.8, 4) is 0 Å². The average molecular weight is 204 g/mol. The molecule has 15 heavy (non-hydrogen) atoms. The lowest BCUT2D eigenvalue weighted by atomic mass is 10.1. The van der Waals surface area contributed by atoms with E-state index in [2.05, 4.69) is 17.4 Å². The SMILES string of the molecule is CC(N)C(=O)NC1CC1c1ccccc1. The number of carbonyl (C=O) groups is 1. The molecule has 0 aliphatic heterocycles. The molecule has 3 heteroatoms. The second kappa shape index (κ2) is 4.03. The zero-order chi connectivity index (χ0) is 10.8. The van der Waals surface area contributed by atoms with Crippen LogP contribution in [0.4, 0.5) is 0 Å². The number of nitrogens with one attached hydrogen (secondary N) is 1. The van der Waals surface area contributed by atoms with Crippen molar-refractivity contribution >= 4 is 5.91 Å². The first-order valence-corrected chi connectivity index (χ1v) is 5.29. The Balaban J connectivity index is 1.89. The van der Waals surface area contributed by atoms with Crippen LogP contribution in [-0.4, -0.2) is 18.0 Å². The van der Waals surface area contributed by atoms with Gasteiger partial charge >= 0.3 is 0 Å². The molecule has 1 aliphatic rings. The molecule has 3 unspecified atom stereocenters. The van der Waals surface area contributed by atoms with E-state index in [1.165, 1.54) is 5.56 Å². The van der Waals surface area contributed by atoms with Gasteiger partial charge in [-0.3, -0.25) is 4.79 Å². The van der Waals surface area contributed by atoms with Crippen LogP contribution >= 0.6 is 0 Å². The maximum Gasteiger partial charge on any atom is 0.236 e. The molecule has 3 nitrogen and oxygen atoms in total. The van der Waals surface area contributed by atoms with E-state index in [1.807, 2.05) is 18.2 Å². The molecule has 0 bridgehead atoms. The summed E-state index contributed by atoms with van der Waals surface area (Å²) >= 11 is 0. The molecule has 0 radical (unpaired) electrons. The molecule has 0 saturated heterocycles. The Morgan fingerprint density at radius 1 is 1.47 bits per heavy atom. The molecule has 3 N–H and O–H groups in total. The molecule has 1 amide bonds. The van der Waals surface area contributed by atoms with E-state index in [4.69, 9.17) is 5.73 Å². The molecule has 3 atom stereocenters. The van der Waals surface area contributed by atoms with Crippen LogP contribution in [0, 0.1) is 0 Å². The van der Waals surface area contributed by atoms with Crippen molar-refractivity contribution in [2.75, 3.05) is 0 Å². The quantitative estimate of drug-likeness (QED) is 0.772. The molecule has 1 aliphatic carbocycles. The van der Waals surface area contributed by atoms with E-state index in [0.717, 1.165) is 6.42 Å². The van der Waals surface area contributed by atoms with Crippen molar-refractivity contribution in [1.82, 2.24) is 5.32 Å². The second-order valence-electron chi connectivity index (χ2n) is 4.16. The lowest BCUT2D eigenvalue weighted by molar-refractivity contribution is -0.122. The summed E-state index contributed by atoms with van der Waals surface area (Å²) in [5.74, 6) is 0.423. The van der Waals surface area contributed by atoms with E-state index in [-0.39, 0.29) is 11.9 Å². The molecule has 1 aromatic carbocycles. The van der Waals surface area contributed by atoms with Gasteiger partial charge in [0.25, 0.3) is 0 Å². The van der Waals surface area contributed by atoms with Gasteiger partial charge in [-0.05, 0) is 18.9 Å². The molecular weight excluding hydrogens is 188 g/mol. The fourth-order valence-electron chi connectivity index (χ4n) is 1.74. The molecule has 1 fully saturated rings. The van der Waals surface area contributed by atoms with Crippen molar-refractivity contribution in [3.63, 3.8) is 0 Å². The lowest BCUT2D eigenvalue weighted by Crippen LogP contribution is -2.39. The van der Waals surface area contributed by atoms with Gasteiger partial charge in [-0.15, -0.1) is 0 Å². The molecule has 1 saturated carbocycles. The summed E-state index contributed by atoms with van der Waals surface area (Å²) in [4.78, 5) is 11.3. The third-order valence-electron chi connectivity index (χ3n) is 2.76. The zero-order valence-corrected chi connectivity index (χ0v) is 8.81. The number of hydrogen-bond acceptors (Lipinski definition) is 2. The Morgan fingerprint density at radius 3 is 2.73 bits per heavy atom. The maximum absolute atomic E-state index is 11.3. The fourth-order valence-corrected chi connectivity index (χ4v) is 1.74. The van der Waals surface area contributed by atoms with Gasteiger partial charge in [0, 0.05) is 12.0 Å². The molecular formula is C12H16N2O. The molecule has 0 spiro atoms. The van der Waals surface area contributed by atoms with Crippen molar-refractivity contribution in [1.29, 1.82) is 0 Å². The van der Waals surface area contributed by atoms with Crippen LogP contribution in [0.5, 0.6) is 0 Å². The summed E-state index contributed by atoms with van der Waals surface area (Å²) in [5.41, 5.74) is 6.78. The summed E-state index contributed by atoms with van der Waals surface area (Å²) in [5, 5.41) is 2.94. The fraction of sp³-hybridized carbons (Fsp3) is 0.417. The van der Waals surface area contributed by atoms with Crippen molar-refractivity contribution < 1.29 is 4.79 Å². The molecule has 80 valence electrons. The van der Waals surface area contributed by atoms with Gasteiger partial charge in [0.15, 0.2) is 0 Å². The van der Waals surface area contributed by atoms with Crippen LogP contribution in [0.15, 0.2) is 30.3 Å². The van der Waals surface area contributed by atoms with E-state index in [0.29, 0.717) is 5.92 Å². The highest BCUT2D eigenvalue weighted by atomic mass is 16.2. The van der Waals surface area contributed by atoms with Gasteiger partial charge in [0.2, 0.25) is 5.91 Å². The Morgan fingerprint density at radius 2 is 2.13 bits per heavy atom. The van der Waals surface area contributed by atoms with Gasteiger partial charge in [-0.1, -0.05) is 30.3 Å². The van der Waals surface area contributed by atoms with Gasteiger partial charge in [-0.2, -0.15) is 0 Å². The number of carbonyl (C=O) groups excluding carboxylic acids is 1. The Hall–Kier alpha value is -1.35. The van der Waals surface area contributed by atoms with Crippen LogP contribution in [0.1, 0.15) is 24.8 Å². The first kappa shape index (κ1) is 10.2. The minimum absolute atomic E-state index is 0.0570. The van der Waals surface area contributed by atoms with Crippen LogP contribution in [0.2, 0.25) is 0 Å². The van der Waals surface area contributed by atoms with Crippen LogP contribution < -0.4 is 11.1 Å². The summed E-state index contributed by atoms with van der Waals surface area (Å²) < 4.78 is 0. The standard InChI is InChI=1S/C12H16N2O/c1-8(13)12(15)14-11-7-10(11)9-5-3-2-4-6-9/h2-6,8,10-11H,7,13H2,1H3,(H,14,15). The highest BCUT2D eigenvalue weighted by Gasteiger charge is 2.39. The lowest BCUT2D eigenvalue weighted by Gasteiger charge is -2.06. The number of benzene rings is 1. The van der Waals surface area contributed by atoms with Crippen LogP contribution in [0.25, 0.3) is 0 Å². The van der Waals surface area contributed by atoms with Crippen molar-refractivity contribution in [3.05, 3.63) is 35.9 Å². The zero-order valence-electron chi connectivity index (χ0n) is 8.81. The Kier molecular flexibility index (Phi) is 2.73. The van der Waals surface area contributed by atoms with Crippen LogP contribution in [-0.2, 0) is 4.79 Å². The monoisotopic (exact) mass is 204 g/mol. The maximum atomic E-state index is 11.3. The van der Waals surface area contributed by atoms with E-state index < -0.39 is 6.04 Å². The van der Waals surface area contributed by atoms with Crippen molar-refractivity contribution in [2.45, 2.75) is 31.3 Å². The third-order valence-corrected chi connectivity index (χ3v) is 2.76. The number of hydrogen-bond donors (Lipinski definition) is 2. The second-order valence-corrected chi connectivity index (χ2v) is 4.16.